The third-order valence-corrected chi connectivity index (χ3v) is 1.98. The van der Waals surface area contributed by atoms with E-state index in [0.29, 0.717) is 0 Å². The van der Waals surface area contributed by atoms with Gasteiger partial charge in [0.1, 0.15) is 0 Å². The van der Waals surface area contributed by atoms with Gasteiger partial charge in [-0.25, -0.2) is 0 Å². The molecule has 0 spiro atoms. The van der Waals surface area contributed by atoms with Crippen LogP contribution in [0, 0.1) is 0 Å². The Balaban J connectivity index is 2.83. The Morgan fingerprint density at radius 1 is 1.12 bits per heavy atom. The molecule has 0 saturated carbocycles. The molecule has 0 unspecified atom stereocenters. The van der Waals surface area contributed by atoms with Crippen molar-refractivity contribution >= 4 is 3.87 Å². The number of hydrogen-bond donors (Lipinski definition) is 1. The van der Waals surface area contributed by atoms with Crippen LogP contribution in [0.3, 0.4) is 0 Å². The normalized spacial score (nSPS) is 8.62. The maximum atomic E-state index is 5.47. The fourth-order valence-electron chi connectivity index (χ4n) is 0.534. The Labute approximate surface area is 58.1 Å². The molecule has 2 heteroatoms. The third-order valence-electron chi connectivity index (χ3n) is 0.940. The van der Waals surface area contributed by atoms with Gasteiger partial charge < -0.3 is 0 Å². The second-order valence-electron chi connectivity index (χ2n) is 1.51. The average molecular weight is 141 g/mol. The molecule has 0 aliphatic carbocycles. The quantitative estimate of drug-likeness (QED) is 0.558. The summed E-state index contributed by atoms with van der Waals surface area (Å²) in [6.07, 6.45) is 0. The van der Waals surface area contributed by atoms with Gasteiger partial charge in [-0.3, -0.25) is 0 Å². The van der Waals surface area contributed by atoms with Crippen LogP contribution in [-0.2, 0) is 19.4 Å². The molecule has 0 amide bonds. The molecule has 0 heterocycles. The van der Waals surface area contributed by atoms with Crippen LogP contribution >= 0.6 is 0 Å². The summed E-state index contributed by atoms with van der Waals surface area (Å²) in [5.41, 5.74) is 0. The zero-order valence-corrected chi connectivity index (χ0v) is 6.03. The summed E-state index contributed by atoms with van der Waals surface area (Å²) in [7, 11) is 0. The van der Waals surface area contributed by atoms with E-state index in [4.69, 9.17) is 4.22 Å². The molecule has 40 valence electrons. The number of hydrogen-bond acceptors (Lipinski definition) is 1. The minimum absolute atomic E-state index is 0.304. The summed E-state index contributed by atoms with van der Waals surface area (Å²) in [5, 5.41) is 0. The van der Waals surface area contributed by atoms with Crippen molar-refractivity contribution in [3.63, 3.8) is 0 Å². The maximum absolute atomic E-state index is 5.47. The minimum atomic E-state index is -0.304. The van der Waals surface area contributed by atoms with Crippen LogP contribution in [0.15, 0.2) is 30.3 Å². The monoisotopic (exact) mass is 141 g/mol. The molecule has 0 bridgehead atoms. The van der Waals surface area contributed by atoms with Crippen molar-refractivity contribution in [2.45, 2.75) is 0 Å². The van der Waals surface area contributed by atoms with E-state index in [1.54, 1.807) is 0 Å². The molecular formula is C6H7NTi. The predicted octanol–water partition coefficient (Wildman–Crippen LogP) is 0.268. The van der Waals surface area contributed by atoms with E-state index in [-0.39, 0.29) is 19.4 Å². The fraction of sp³-hybridized carbons (Fsp3) is 0. The van der Waals surface area contributed by atoms with Crippen LogP contribution in [0.1, 0.15) is 0 Å². The molecule has 0 aliphatic rings. The number of rotatable bonds is 1. The SMILES string of the molecule is [NH2][Ti][c]1ccccc1. The summed E-state index contributed by atoms with van der Waals surface area (Å²) < 4.78 is 6.79. The van der Waals surface area contributed by atoms with Gasteiger partial charge >= 0.3 is 57.8 Å². The van der Waals surface area contributed by atoms with E-state index < -0.39 is 0 Å². The van der Waals surface area contributed by atoms with Gasteiger partial charge in [-0.05, 0) is 0 Å². The molecule has 1 rings (SSSR count). The van der Waals surface area contributed by atoms with Crippen LogP contribution in [0.25, 0.3) is 0 Å². The van der Waals surface area contributed by atoms with E-state index in [0.717, 1.165) is 0 Å². The molecule has 1 aromatic rings. The summed E-state index contributed by atoms with van der Waals surface area (Å²) in [6, 6.07) is 10.2. The van der Waals surface area contributed by atoms with Crippen LogP contribution in [0.2, 0.25) is 0 Å². The second kappa shape index (κ2) is 3.03. The molecular weight excluding hydrogens is 134 g/mol. The summed E-state index contributed by atoms with van der Waals surface area (Å²) >= 11 is -0.304. The first-order chi connectivity index (χ1) is 3.93. The van der Waals surface area contributed by atoms with E-state index in [1.165, 1.54) is 3.87 Å². The first-order valence-corrected chi connectivity index (χ1v) is 4.13. The Hall–Kier alpha value is -0.106. The summed E-state index contributed by atoms with van der Waals surface area (Å²) in [4.78, 5) is 0. The molecule has 0 radical (unpaired) electrons. The Morgan fingerprint density at radius 2 is 1.75 bits per heavy atom. The standard InChI is InChI=1S/C6H5.H2N.Ti/c1-2-4-6-5-3-1;;/h1-5H;1H2;/q;-1;+1. The summed E-state index contributed by atoms with van der Waals surface area (Å²) in [6.45, 7) is 0. The Kier molecular flexibility index (Phi) is 2.28. The first-order valence-electron chi connectivity index (χ1n) is 2.45. The van der Waals surface area contributed by atoms with Crippen molar-refractivity contribution in [2.24, 2.45) is 4.22 Å². The van der Waals surface area contributed by atoms with Crippen LogP contribution < -0.4 is 8.08 Å². The van der Waals surface area contributed by atoms with E-state index in [9.17, 15) is 0 Å². The number of nitrogens with two attached hydrogens (primary N) is 1. The van der Waals surface area contributed by atoms with Crippen molar-refractivity contribution in [3.8, 4) is 0 Å². The molecule has 0 aliphatic heterocycles. The van der Waals surface area contributed by atoms with Gasteiger partial charge in [0.2, 0.25) is 0 Å². The molecule has 8 heavy (non-hydrogen) atoms. The van der Waals surface area contributed by atoms with E-state index in [1.807, 2.05) is 18.2 Å². The molecule has 0 saturated heterocycles. The van der Waals surface area contributed by atoms with Crippen LogP contribution in [0.4, 0.5) is 0 Å². The van der Waals surface area contributed by atoms with Gasteiger partial charge in [-0.2, -0.15) is 0 Å². The molecule has 1 aromatic carbocycles. The molecule has 0 atom stereocenters. The predicted molar refractivity (Wildman–Crippen MR) is 30.3 cm³/mol. The van der Waals surface area contributed by atoms with Crippen molar-refractivity contribution in [3.05, 3.63) is 30.3 Å². The Bertz CT molecular complexity index is 150. The van der Waals surface area contributed by atoms with Crippen molar-refractivity contribution in [1.29, 1.82) is 0 Å². The summed E-state index contributed by atoms with van der Waals surface area (Å²) in [5.74, 6) is 0. The third kappa shape index (κ3) is 1.44. The molecule has 0 aromatic heterocycles. The topological polar surface area (TPSA) is 26.0 Å². The molecule has 2 N–H and O–H groups in total. The van der Waals surface area contributed by atoms with Gasteiger partial charge in [-0.1, -0.05) is 0 Å². The zero-order valence-electron chi connectivity index (χ0n) is 4.46. The second-order valence-corrected chi connectivity index (χ2v) is 2.86. The number of benzene rings is 1. The zero-order chi connectivity index (χ0) is 5.82. The van der Waals surface area contributed by atoms with Crippen molar-refractivity contribution < 1.29 is 19.4 Å². The Morgan fingerprint density at radius 3 is 2.12 bits per heavy atom. The van der Waals surface area contributed by atoms with Crippen LogP contribution in [-0.4, -0.2) is 0 Å². The first kappa shape index (κ1) is 6.02. The van der Waals surface area contributed by atoms with Crippen molar-refractivity contribution in [1.82, 2.24) is 0 Å². The van der Waals surface area contributed by atoms with E-state index in [2.05, 4.69) is 12.1 Å². The van der Waals surface area contributed by atoms with Gasteiger partial charge in [0, 0.05) is 0 Å². The van der Waals surface area contributed by atoms with Crippen LogP contribution in [0.5, 0.6) is 0 Å². The van der Waals surface area contributed by atoms with E-state index >= 15 is 0 Å². The van der Waals surface area contributed by atoms with Gasteiger partial charge in [0.05, 0.1) is 0 Å². The molecule has 0 fully saturated rings. The fourth-order valence-corrected chi connectivity index (χ4v) is 1.14. The van der Waals surface area contributed by atoms with Gasteiger partial charge in [-0.15, -0.1) is 0 Å². The average Bonchev–Trinajstić information content (AvgIpc) is 1.90. The van der Waals surface area contributed by atoms with Gasteiger partial charge in [0.25, 0.3) is 0 Å². The van der Waals surface area contributed by atoms with Crippen molar-refractivity contribution in [2.75, 3.05) is 0 Å². The molecule has 1 nitrogen and oxygen atoms in total. The van der Waals surface area contributed by atoms with Gasteiger partial charge in [0.15, 0.2) is 0 Å².